The first-order valence-electron chi connectivity index (χ1n) is 7.16. The molecule has 5 nitrogen and oxygen atoms in total. The van der Waals surface area contributed by atoms with Gasteiger partial charge < -0.3 is 20.4 Å². The van der Waals surface area contributed by atoms with Gasteiger partial charge in [0.2, 0.25) is 5.91 Å². The number of halogens is 1. The molecular formula is C16H24ClN3O2. The van der Waals surface area contributed by atoms with Gasteiger partial charge in [-0.1, -0.05) is 6.07 Å². The van der Waals surface area contributed by atoms with Crippen molar-refractivity contribution in [1.82, 2.24) is 15.6 Å². The van der Waals surface area contributed by atoms with Crippen LogP contribution in [0.3, 0.4) is 0 Å². The van der Waals surface area contributed by atoms with E-state index in [9.17, 15) is 4.79 Å². The molecule has 2 rings (SSSR count). The summed E-state index contributed by atoms with van der Waals surface area (Å²) >= 11 is 0. The standard InChI is InChI=1S/C16H23N3O2.ClH/c1-11-12(2)19-15-5-4-13(8-14(11)15)9-18-16(20)10-17-6-7-21-3;/h4-5,8,17,19H,6-7,9-10H2,1-3H3,(H,18,20);1H. The molecule has 0 saturated heterocycles. The third-order valence-electron chi connectivity index (χ3n) is 3.63. The molecule has 0 aliphatic heterocycles. The van der Waals surface area contributed by atoms with E-state index in [0.717, 1.165) is 11.1 Å². The van der Waals surface area contributed by atoms with E-state index in [1.165, 1.54) is 16.6 Å². The zero-order valence-electron chi connectivity index (χ0n) is 13.3. The summed E-state index contributed by atoms with van der Waals surface area (Å²) in [6.07, 6.45) is 0. The summed E-state index contributed by atoms with van der Waals surface area (Å²) in [5.74, 6) is -0.00632. The van der Waals surface area contributed by atoms with Crippen LogP contribution in [0.5, 0.6) is 0 Å². The normalized spacial score (nSPS) is 10.5. The topological polar surface area (TPSA) is 66.2 Å². The van der Waals surface area contributed by atoms with Crippen molar-refractivity contribution in [2.24, 2.45) is 0 Å². The first-order valence-corrected chi connectivity index (χ1v) is 7.16. The summed E-state index contributed by atoms with van der Waals surface area (Å²) in [6.45, 7) is 6.32. The van der Waals surface area contributed by atoms with Gasteiger partial charge in [-0.3, -0.25) is 4.79 Å². The molecular weight excluding hydrogens is 302 g/mol. The Balaban J connectivity index is 0.00000242. The summed E-state index contributed by atoms with van der Waals surface area (Å²) in [6, 6.07) is 6.23. The van der Waals surface area contributed by atoms with E-state index < -0.39 is 0 Å². The Morgan fingerprint density at radius 2 is 2.09 bits per heavy atom. The lowest BCUT2D eigenvalue weighted by molar-refractivity contribution is -0.120. The molecule has 22 heavy (non-hydrogen) atoms. The Bertz CT molecular complexity index is 625. The highest BCUT2D eigenvalue weighted by Gasteiger charge is 2.06. The van der Waals surface area contributed by atoms with E-state index in [-0.39, 0.29) is 18.3 Å². The van der Waals surface area contributed by atoms with Gasteiger partial charge >= 0.3 is 0 Å². The lowest BCUT2D eigenvalue weighted by Crippen LogP contribution is -2.34. The summed E-state index contributed by atoms with van der Waals surface area (Å²) < 4.78 is 4.91. The first-order chi connectivity index (χ1) is 10.1. The molecule has 0 bridgehead atoms. The number of methoxy groups -OCH3 is 1. The quantitative estimate of drug-likeness (QED) is 0.683. The number of aromatic nitrogens is 1. The van der Waals surface area contributed by atoms with Crippen molar-refractivity contribution in [2.45, 2.75) is 20.4 Å². The second-order valence-electron chi connectivity index (χ2n) is 5.20. The largest absolute Gasteiger partial charge is 0.383 e. The molecule has 3 N–H and O–H groups in total. The molecule has 0 fully saturated rings. The van der Waals surface area contributed by atoms with E-state index in [1.807, 2.05) is 6.07 Å². The van der Waals surface area contributed by atoms with Crippen molar-refractivity contribution in [1.29, 1.82) is 0 Å². The van der Waals surface area contributed by atoms with Crippen LogP contribution in [0.2, 0.25) is 0 Å². The number of carbonyl (C=O) groups excluding carboxylic acids is 1. The van der Waals surface area contributed by atoms with Crippen molar-refractivity contribution in [2.75, 3.05) is 26.8 Å². The zero-order chi connectivity index (χ0) is 15.2. The van der Waals surface area contributed by atoms with Crippen LogP contribution in [0.15, 0.2) is 18.2 Å². The van der Waals surface area contributed by atoms with Crippen LogP contribution in [0.25, 0.3) is 10.9 Å². The Hall–Kier alpha value is -1.56. The maximum absolute atomic E-state index is 11.7. The zero-order valence-corrected chi connectivity index (χ0v) is 14.1. The molecule has 1 heterocycles. The van der Waals surface area contributed by atoms with Crippen LogP contribution in [0.4, 0.5) is 0 Å². The second kappa shape index (κ2) is 8.78. The van der Waals surface area contributed by atoms with Gasteiger partial charge in [-0.2, -0.15) is 0 Å². The number of nitrogens with one attached hydrogen (secondary N) is 3. The fraction of sp³-hybridized carbons (Fsp3) is 0.438. The predicted molar refractivity (Wildman–Crippen MR) is 91.6 cm³/mol. The molecule has 1 aromatic heterocycles. The fourth-order valence-corrected chi connectivity index (χ4v) is 2.26. The maximum Gasteiger partial charge on any atom is 0.234 e. The van der Waals surface area contributed by atoms with E-state index in [1.54, 1.807) is 7.11 Å². The van der Waals surface area contributed by atoms with E-state index in [0.29, 0.717) is 26.2 Å². The molecule has 1 aromatic carbocycles. The molecule has 0 atom stereocenters. The van der Waals surface area contributed by atoms with E-state index in [4.69, 9.17) is 4.74 Å². The minimum Gasteiger partial charge on any atom is -0.383 e. The van der Waals surface area contributed by atoms with Crippen molar-refractivity contribution >= 4 is 29.2 Å². The number of hydrogen-bond donors (Lipinski definition) is 3. The summed E-state index contributed by atoms with van der Waals surface area (Å²) in [5.41, 5.74) is 4.70. The number of aryl methyl sites for hydroxylation is 2. The van der Waals surface area contributed by atoms with Crippen molar-refractivity contribution in [3.8, 4) is 0 Å². The number of hydrogen-bond acceptors (Lipinski definition) is 3. The Morgan fingerprint density at radius 1 is 1.32 bits per heavy atom. The summed E-state index contributed by atoms with van der Waals surface area (Å²) in [7, 11) is 1.64. The number of amides is 1. The molecule has 0 aliphatic carbocycles. The van der Waals surface area contributed by atoms with E-state index in [2.05, 4.69) is 41.6 Å². The van der Waals surface area contributed by atoms with E-state index >= 15 is 0 Å². The summed E-state index contributed by atoms with van der Waals surface area (Å²) in [5, 5.41) is 7.16. The molecule has 1 amide bonds. The van der Waals surface area contributed by atoms with Gasteiger partial charge in [0, 0.05) is 36.8 Å². The van der Waals surface area contributed by atoms with Crippen LogP contribution < -0.4 is 10.6 Å². The Labute approximate surface area is 137 Å². The van der Waals surface area contributed by atoms with Gasteiger partial charge in [0.25, 0.3) is 0 Å². The molecule has 0 aliphatic rings. The average Bonchev–Trinajstić information content (AvgIpc) is 2.76. The molecule has 0 spiro atoms. The predicted octanol–water partition coefficient (Wildman–Crippen LogP) is 2.06. The smallest absolute Gasteiger partial charge is 0.234 e. The molecule has 0 saturated carbocycles. The number of carbonyl (C=O) groups is 1. The number of fused-ring (bicyclic) bond motifs is 1. The van der Waals surface area contributed by atoms with Gasteiger partial charge in [-0.05, 0) is 37.1 Å². The van der Waals surface area contributed by atoms with Crippen LogP contribution in [-0.2, 0) is 16.1 Å². The maximum atomic E-state index is 11.7. The van der Waals surface area contributed by atoms with Gasteiger partial charge in [0.15, 0.2) is 0 Å². The van der Waals surface area contributed by atoms with Crippen LogP contribution >= 0.6 is 12.4 Å². The Kier molecular flexibility index (Phi) is 7.38. The minimum absolute atomic E-state index is 0. The van der Waals surface area contributed by atoms with Crippen LogP contribution in [0.1, 0.15) is 16.8 Å². The van der Waals surface area contributed by atoms with Gasteiger partial charge in [-0.15, -0.1) is 12.4 Å². The number of rotatable bonds is 7. The Morgan fingerprint density at radius 3 is 2.82 bits per heavy atom. The SMILES string of the molecule is COCCNCC(=O)NCc1ccc2[nH]c(C)c(C)c2c1.Cl. The average molecular weight is 326 g/mol. The van der Waals surface area contributed by atoms with Gasteiger partial charge in [-0.25, -0.2) is 0 Å². The second-order valence-corrected chi connectivity index (χ2v) is 5.20. The molecule has 0 radical (unpaired) electrons. The lowest BCUT2D eigenvalue weighted by Gasteiger charge is -2.07. The molecule has 122 valence electrons. The van der Waals surface area contributed by atoms with Gasteiger partial charge in [0.1, 0.15) is 0 Å². The van der Waals surface area contributed by atoms with Crippen molar-refractivity contribution in [3.05, 3.63) is 35.0 Å². The monoisotopic (exact) mass is 325 g/mol. The van der Waals surface area contributed by atoms with Crippen molar-refractivity contribution < 1.29 is 9.53 Å². The van der Waals surface area contributed by atoms with Gasteiger partial charge in [0.05, 0.1) is 13.2 Å². The third kappa shape index (κ3) is 4.73. The molecule has 6 heteroatoms. The highest BCUT2D eigenvalue weighted by atomic mass is 35.5. The third-order valence-corrected chi connectivity index (χ3v) is 3.63. The number of benzene rings is 1. The first kappa shape index (κ1) is 18.5. The number of ether oxygens (including phenoxy) is 1. The summed E-state index contributed by atoms with van der Waals surface area (Å²) in [4.78, 5) is 15.0. The minimum atomic E-state index is -0.00632. The highest BCUT2D eigenvalue weighted by molar-refractivity contribution is 5.85. The fourth-order valence-electron chi connectivity index (χ4n) is 2.26. The van der Waals surface area contributed by atoms with Crippen LogP contribution in [-0.4, -0.2) is 37.7 Å². The van der Waals surface area contributed by atoms with Crippen molar-refractivity contribution in [3.63, 3.8) is 0 Å². The number of aromatic amines is 1. The van der Waals surface area contributed by atoms with Crippen LogP contribution in [0, 0.1) is 13.8 Å². The molecule has 0 unspecified atom stereocenters. The highest BCUT2D eigenvalue weighted by Crippen LogP contribution is 2.22. The number of H-pyrrole nitrogens is 1. The lowest BCUT2D eigenvalue weighted by atomic mass is 10.1. The molecule has 2 aromatic rings.